The molecule has 0 aromatic rings. The maximum atomic E-state index is 10.3. The van der Waals surface area contributed by atoms with Crippen molar-refractivity contribution in [2.75, 3.05) is 0 Å². The van der Waals surface area contributed by atoms with E-state index in [1.165, 1.54) is 25.7 Å². The van der Waals surface area contributed by atoms with Gasteiger partial charge in [0.2, 0.25) is 0 Å². The lowest BCUT2D eigenvalue weighted by molar-refractivity contribution is -0.137. The van der Waals surface area contributed by atoms with Crippen molar-refractivity contribution in [2.45, 2.75) is 51.9 Å². The van der Waals surface area contributed by atoms with Crippen LogP contribution >= 0.6 is 0 Å². The summed E-state index contributed by atoms with van der Waals surface area (Å²) in [5.74, 6) is 0.949. The lowest BCUT2D eigenvalue weighted by Crippen LogP contribution is -2.14. The first kappa shape index (κ1) is 12.3. The molecule has 1 aliphatic rings. The van der Waals surface area contributed by atoms with Crippen LogP contribution in [0.15, 0.2) is 12.2 Å². The van der Waals surface area contributed by atoms with Gasteiger partial charge in [-0.25, -0.2) is 0 Å². The van der Waals surface area contributed by atoms with Gasteiger partial charge in [-0.3, -0.25) is 4.79 Å². The minimum Gasteiger partial charge on any atom is -0.481 e. The first-order valence-corrected chi connectivity index (χ1v) is 6.10. The molecule has 0 unspecified atom stereocenters. The lowest BCUT2D eigenvalue weighted by Gasteiger charge is -2.25. The van der Waals surface area contributed by atoms with Crippen molar-refractivity contribution in [3.05, 3.63) is 12.2 Å². The summed E-state index contributed by atoms with van der Waals surface area (Å²) in [5, 5.41) is 8.45. The quantitative estimate of drug-likeness (QED) is 0.490. The summed E-state index contributed by atoms with van der Waals surface area (Å²) in [6, 6.07) is 0. The molecule has 0 aromatic heterocycles. The van der Waals surface area contributed by atoms with Gasteiger partial charge < -0.3 is 5.11 Å². The Balaban J connectivity index is 1.81. The number of rotatable bonds is 8. The van der Waals surface area contributed by atoms with E-state index in [2.05, 4.69) is 19.1 Å². The Kier molecular flexibility index (Phi) is 5.44. The van der Waals surface area contributed by atoms with Crippen LogP contribution in [0.3, 0.4) is 0 Å². The average molecular weight is 210 g/mol. The summed E-state index contributed by atoms with van der Waals surface area (Å²) < 4.78 is 0. The van der Waals surface area contributed by atoms with Crippen molar-refractivity contribution < 1.29 is 9.90 Å². The third kappa shape index (κ3) is 5.01. The molecule has 2 atom stereocenters. The van der Waals surface area contributed by atoms with Crippen LogP contribution in [-0.2, 0) is 4.79 Å². The van der Waals surface area contributed by atoms with E-state index < -0.39 is 5.97 Å². The van der Waals surface area contributed by atoms with Crippen LogP contribution in [0.1, 0.15) is 51.9 Å². The Morgan fingerprint density at radius 3 is 2.33 bits per heavy atom. The topological polar surface area (TPSA) is 37.3 Å². The number of allylic oxidation sites excluding steroid dienone is 2. The van der Waals surface area contributed by atoms with Crippen LogP contribution in [0, 0.1) is 11.8 Å². The van der Waals surface area contributed by atoms with Crippen molar-refractivity contribution in [1.82, 2.24) is 0 Å². The predicted molar refractivity (Wildman–Crippen MR) is 61.7 cm³/mol. The molecule has 1 aliphatic carbocycles. The number of carboxylic acid groups (broad SMARTS) is 1. The standard InChI is InChI=1S/C13H22O2/c1-11-9-10-12(11)7-5-3-2-4-6-8-13(14)15/h9-12H,2-8H2,1H3,(H,14,15)/t11-,12-/m1/s1. The van der Waals surface area contributed by atoms with Gasteiger partial charge in [0, 0.05) is 6.42 Å². The van der Waals surface area contributed by atoms with Gasteiger partial charge in [0.15, 0.2) is 0 Å². The van der Waals surface area contributed by atoms with Gasteiger partial charge in [-0.15, -0.1) is 0 Å². The number of hydrogen-bond donors (Lipinski definition) is 1. The van der Waals surface area contributed by atoms with Crippen LogP contribution in [0.5, 0.6) is 0 Å². The summed E-state index contributed by atoms with van der Waals surface area (Å²) >= 11 is 0. The van der Waals surface area contributed by atoms with E-state index in [-0.39, 0.29) is 0 Å². The highest BCUT2D eigenvalue weighted by molar-refractivity contribution is 5.66. The Hall–Kier alpha value is -0.790. The minimum absolute atomic E-state index is 0.336. The summed E-state index contributed by atoms with van der Waals surface area (Å²) in [6.07, 6.45) is 11.9. The zero-order chi connectivity index (χ0) is 11.1. The lowest BCUT2D eigenvalue weighted by atomic mass is 9.80. The largest absolute Gasteiger partial charge is 0.481 e. The van der Waals surface area contributed by atoms with Crippen molar-refractivity contribution in [1.29, 1.82) is 0 Å². The second-order valence-corrected chi connectivity index (χ2v) is 4.61. The van der Waals surface area contributed by atoms with Crippen molar-refractivity contribution >= 4 is 5.97 Å². The van der Waals surface area contributed by atoms with E-state index in [0.717, 1.165) is 24.7 Å². The highest BCUT2D eigenvalue weighted by Gasteiger charge is 2.18. The fourth-order valence-electron chi connectivity index (χ4n) is 2.04. The van der Waals surface area contributed by atoms with E-state index >= 15 is 0 Å². The van der Waals surface area contributed by atoms with Gasteiger partial charge in [0.25, 0.3) is 0 Å². The molecule has 0 heterocycles. The zero-order valence-corrected chi connectivity index (χ0v) is 9.61. The Morgan fingerprint density at radius 2 is 1.80 bits per heavy atom. The molecule has 0 fully saturated rings. The van der Waals surface area contributed by atoms with E-state index in [0.29, 0.717) is 6.42 Å². The molecule has 0 radical (unpaired) electrons. The normalized spacial score (nSPS) is 23.8. The molecule has 86 valence electrons. The van der Waals surface area contributed by atoms with Gasteiger partial charge in [-0.2, -0.15) is 0 Å². The second kappa shape index (κ2) is 6.65. The Labute approximate surface area is 92.4 Å². The highest BCUT2D eigenvalue weighted by atomic mass is 16.4. The molecular formula is C13H22O2. The van der Waals surface area contributed by atoms with E-state index in [9.17, 15) is 4.79 Å². The van der Waals surface area contributed by atoms with Crippen LogP contribution in [0.25, 0.3) is 0 Å². The molecule has 0 bridgehead atoms. The molecule has 2 heteroatoms. The monoisotopic (exact) mass is 210 g/mol. The smallest absolute Gasteiger partial charge is 0.303 e. The molecule has 0 amide bonds. The van der Waals surface area contributed by atoms with Crippen molar-refractivity contribution in [3.63, 3.8) is 0 Å². The third-order valence-corrected chi connectivity index (χ3v) is 3.27. The number of carbonyl (C=O) groups is 1. The predicted octanol–water partition coefficient (Wildman–Crippen LogP) is 3.62. The highest BCUT2D eigenvalue weighted by Crippen LogP contribution is 2.29. The van der Waals surface area contributed by atoms with Gasteiger partial charge in [-0.05, 0) is 24.7 Å². The molecular weight excluding hydrogens is 188 g/mol. The first-order valence-electron chi connectivity index (χ1n) is 6.10. The maximum absolute atomic E-state index is 10.3. The van der Waals surface area contributed by atoms with Gasteiger partial charge >= 0.3 is 5.97 Å². The Bertz CT molecular complexity index is 221. The molecule has 1 rings (SSSR count). The van der Waals surface area contributed by atoms with Crippen LogP contribution in [-0.4, -0.2) is 11.1 Å². The molecule has 0 aliphatic heterocycles. The number of hydrogen-bond acceptors (Lipinski definition) is 1. The van der Waals surface area contributed by atoms with Crippen molar-refractivity contribution in [2.24, 2.45) is 11.8 Å². The van der Waals surface area contributed by atoms with Crippen LogP contribution in [0.4, 0.5) is 0 Å². The van der Waals surface area contributed by atoms with Crippen molar-refractivity contribution in [3.8, 4) is 0 Å². The summed E-state index contributed by atoms with van der Waals surface area (Å²) in [4.78, 5) is 10.3. The second-order valence-electron chi connectivity index (χ2n) is 4.61. The average Bonchev–Trinajstić information content (AvgIpc) is 2.19. The maximum Gasteiger partial charge on any atom is 0.303 e. The summed E-state index contributed by atoms with van der Waals surface area (Å²) in [6.45, 7) is 2.28. The molecule has 2 nitrogen and oxygen atoms in total. The molecule has 0 saturated heterocycles. The third-order valence-electron chi connectivity index (χ3n) is 3.27. The number of carboxylic acids is 1. The van der Waals surface area contributed by atoms with Gasteiger partial charge in [-0.1, -0.05) is 44.8 Å². The molecule has 0 saturated carbocycles. The molecule has 0 aromatic carbocycles. The fourth-order valence-corrected chi connectivity index (χ4v) is 2.04. The van der Waals surface area contributed by atoms with Crippen LogP contribution < -0.4 is 0 Å². The Morgan fingerprint density at radius 1 is 1.13 bits per heavy atom. The van der Waals surface area contributed by atoms with Gasteiger partial charge in [0.05, 0.1) is 0 Å². The first-order chi connectivity index (χ1) is 7.20. The molecule has 0 spiro atoms. The molecule has 1 N–H and O–H groups in total. The molecule has 15 heavy (non-hydrogen) atoms. The minimum atomic E-state index is -0.663. The fraction of sp³-hybridized carbons (Fsp3) is 0.769. The zero-order valence-electron chi connectivity index (χ0n) is 9.61. The summed E-state index contributed by atoms with van der Waals surface area (Å²) in [7, 11) is 0. The van der Waals surface area contributed by atoms with Crippen LogP contribution in [0.2, 0.25) is 0 Å². The SMILES string of the molecule is C[C@@H]1C=C[C@H]1CCCCCCCC(=O)O. The number of unbranched alkanes of at least 4 members (excludes halogenated alkanes) is 4. The van der Waals surface area contributed by atoms with Gasteiger partial charge in [0.1, 0.15) is 0 Å². The summed E-state index contributed by atoms with van der Waals surface area (Å²) in [5.41, 5.74) is 0. The van der Waals surface area contributed by atoms with E-state index in [1.54, 1.807) is 0 Å². The van der Waals surface area contributed by atoms with E-state index in [1.807, 2.05) is 0 Å². The number of aliphatic carboxylic acids is 1. The van der Waals surface area contributed by atoms with E-state index in [4.69, 9.17) is 5.11 Å².